The quantitative estimate of drug-likeness (QED) is 0.511. The van der Waals surface area contributed by atoms with Crippen molar-refractivity contribution in [1.29, 1.82) is 0 Å². The van der Waals surface area contributed by atoms with Gasteiger partial charge in [-0.1, -0.05) is 18.2 Å². The highest BCUT2D eigenvalue weighted by atomic mass is 19.1. The maximum Gasteiger partial charge on any atom is 0.255 e. The zero-order valence-electron chi connectivity index (χ0n) is 22.4. The lowest BCUT2D eigenvalue weighted by Gasteiger charge is -2.27. The van der Waals surface area contributed by atoms with Crippen LogP contribution in [0.15, 0.2) is 72.8 Å². The molecule has 40 heavy (non-hydrogen) atoms. The fourth-order valence-electron chi connectivity index (χ4n) is 5.20. The van der Waals surface area contributed by atoms with Gasteiger partial charge in [-0.15, -0.1) is 0 Å². The van der Waals surface area contributed by atoms with E-state index < -0.39 is 0 Å². The molecule has 0 unspecified atom stereocenters. The minimum atomic E-state index is -0.377. The van der Waals surface area contributed by atoms with Gasteiger partial charge in [0, 0.05) is 62.5 Å². The normalized spacial score (nSPS) is 16.2. The van der Waals surface area contributed by atoms with E-state index in [1.807, 2.05) is 35.2 Å². The number of nitrogens with one attached hydrogen (secondary N) is 2. The summed E-state index contributed by atoms with van der Waals surface area (Å²) in [7, 11) is 0. The third-order valence-corrected chi connectivity index (χ3v) is 7.37. The number of carbonyl (C=O) groups is 3. The summed E-state index contributed by atoms with van der Waals surface area (Å²) in [4.78, 5) is 45.4. The molecule has 2 aliphatic rings. The van der Waals surface area contributed by atoms with Crippen LogP contribution in [0.5, 0.6) is 0 Å². The predicted octanol–water partition coefficient (Wildman–Crippen LogP) is 3.87. The molecule has 2 saturated heterocycles. The molecule has 5 rings (SSSR count). The standard InChI is InChI=1S/C31H34FN5O3/c32-26-11-8-24(9-12-26)30(39)37-18-5-17-35(20-21-37)28-13-10-25(31(40)36-16-4-14-33-15-19-36)22-27(28)34-29(38)23-6-2-1-3-7-23/h1-3,6-13,22,33H,4-5,14-21H2,(H,34,38). The Kier molecular flexibility index (Phi) is 8.71. The van der Waals surface area contributed by atoms with E-state index >= 15 is 0 Å². The summed E-state index contributed by atoms with van der Waals surface area (Å²) in [5.74, 6) is -0.823. The molecule has 3 amide bonds. The van der Waals surface area contributed by atoms with Gasteiger partial charge in [-0.05, 0) is 74.0 Å². The molecule has 2 aliphatic heterocycles. The van der Waals surface area contributed by atoms with Crippen LogP contribution in [0, 0.1) is 5.82 Å². The van der Waals surface area contributed by atoms with Gasteiger partial charge in [-0.25, -0.2) is 4.39 Å². The lowest BCUT2D eigenvalue weighted by atomic mass is 10.1. The third kappa shape index (κ3) is 6.48. The number of anilines is 2. The molecule has 8 nitrogen and oxygen atoms in total. The van der Waals surface area contributed by atoms with Crippen molar-refractivity contribution in [3.05, 3.63) is 95.3 Å². The molecule has 0 atom stereocenters. The minimum Gasteiger partial charge on any atom is -0.368 e. The highest BCUT2D eigenvalue weighted by molar-refractivity contribution is 6.07. The molecule has 2 fully saturated rings. The molecule has 3 aromatic rings. The monoisotopic (exact) mass is 543 g/mol. The van der Waals surface area contributed by atoms with Crippen LogP contribution in [-0.2, 0) is 0 Å². The fraction of sp³-hybridized carbons (Fsp3) is 0.323. The molecule has 0 saturated carbocycles. The highest BCUT2D eigenvalue weighted by Crippen LogP contribution is 2.30. The number of amides is 3. The van der Waals surface area contributed by atoms with Crippen LogP contribution in [-0.4, -0.2) is 79.9 Å². The van der Waals surface area contributed by atoms with E-state index in [9.17, 15) is 18.8 Å². The molecule has 3 aromatic carbocycles. The lowest BCUT2D eigenvalue weighted by Crippen LogP contribution is -2.35. The molecule has 2 heterocycles. The molecule has 0 aromatic heterocycles. The number of nitrogens with zero attached hydrogens (tertiary/aromatic N) is 3. The number of benzene rings is 3. The summed E-state index contributed by atoms with van der Waals surface area (Å²) in [6.45, 7) is 5.22. The zero-order chi connectivity index (χ0) is 27.9. The first-order valence-corrected chi connectivity index (χ1v) is 13.8. The van der Waals surface area contributed by atoms with Crippen molar-refractivity contribution in [3.63, 3.8) is 0 Å². The lowest BCUT2D eigenvalue weighted by molar-refractivity contribution is 0.0759. The van der Waals surface area contributed by atoms with Crippen molar-refractivity contribution < 1.29 is 18.8 Å². The van der Waals surface area contributed by atoms with Crippen LogP contribution in [0.4, 0.5) is 15.8 Å². The maximum absolute atomic E-state index is 13.4. The molecular formula is C31H34FN5O3. The van der Waals surface area contributed by atoms with E-state index in [-0.39, 0.29) is 23.5 Å². The summed E-state index contributed by atoms with van der Waals surface area (Å²) in [5.41, 5.74) is 2.87. The van der Waals surface area contributed by atoms with Gasteiger partial charge in [0.15, 0.2) is 0 Å². The molecule has 0 aliphatic carbocycles. The number of hydrogen-bond acceptors (Lipinski definition) is 5. The van der Waals surface area contributed by atoms with E-state index in [1.54, 1.807) is 23.1 Å². The first kappa shape index (κ1) is 27.3. The number of halogens is 1. The summed E-state index contributed by atoms with van der Waals surface area (Å²) >= 11 is 0. The van der Waals surface area contributed by atoms with Gasteiger partial charge in [0.05, 0.1) is 11.4 Å². The van der Waals surface area contributed by atoms with E-state index in [1.165, 1.54) is 24.3 Å². The largest absolute Gasteiger partial charge is 0.368 e. The molecule has 0 bridgehead atoms. The minimum absolute atomic E-state index is 0.0580. The Morgan fingerprint density at radius 3 is 2.17 bits per heavy atom. The fourth-order valence-corrected chi connectivity index (χ4v) is 5.20. The van der Waals surface area contributed by atoms with Gasteiger partial charge in [0.25, 0.3) is 17.7 Å². The van der Waals surface area contributed by atoms with E-state index in [0.29, 0.717) is 61.6 Å². The highest BCUT2D eigenvalue weighted by Gasteiger charge is 2.24. The van der Waals surface area contributed by atoms with Gasteiger partial charge >= 0.3 is 0 Å². The Hall–Kier alpha value is -4.24. The maximum atomic E-state index is 13.4. The molecular weight excluding hydrogens is 509 g/mol. The smallest absolute Gasteiger partial charge is 0.255 e. The second-order valence-corrected chi connectivity index (χ2v) is 10.1. The van der Waals surface area contributed by atoms with Crippen molar-refractivity contribution in [2.75, 3.05) is 62.6 Å². The Labute approximate surface area is 233 Å². The molecule has 2 N–H and O–H groups in total. The molecule has 0 spiro atoms. The zero-order valence-corrected chi connectivity index (χ0v) is 22.4. The number of rotatable bonds is 5. The van der Waals surface area contributed by atoms with Gasteiger partial charge in [0.2, 0.25) is 0 Å². The molecule has 208 valence electrons. The average molecular weight is 544 g/mol. The van der Waals surface area contributed by atoms with Crippen LogP contribution in [0.25, 0.3) is 0 Å². The summed E-state index contributed by atoms with van der Waals surface area (Å²) in [5, 5.41) is 6.36. The van der Waals surface area contributed by atoms with Crippen LogP contribution in [0.2, 0.25) is 0 Å². The SMILES string of the molecule is O=C(Nc1cc(C(=O)N2CCCNCC2)ccc1N1CCCN(C(=O)c2ccc(F)cc2)CC1)c1ccccc1. The Morgan fingerprint density at radius 2 is 1.38 bits per heavy atom. The number of hydrogen-bond donors (Lipinski definition) is 2. The van der Waals surface area contributed by atoms with Gasteiger partial charge in [-0.2, -0.15) is 0 Å². The number of carbonyl (C=O) groups excluding carboxylic acids is 3. The van der Waals surface area contributed by atoms with Gasteiger partial charge < -0.3 is 25.3 Å². The topological polar surface area (TPSA) is 85.0 Å². The summed E-state index contributed by atoms with van der Waals surface area (Å²) in [6.07, 6.45) is 1.61. The Morgan fingerprint density at radius 1 is 0.675 bits per heavy atom. The van der Waals surface area contributed by atoms with Crippen molar-refractivity contribution in [1.82, 2.24) is 15.1 Å². The summed E-state index contributed by atoms with van der Waals surface area (Å²) < 4.78 is 13.3. The predicted molar refractivity (Wildman–Crippen MR) is 153 cm³/mol. The van der Waals surface area contributed by atoms with Crippen LogP contribution >= 0.6 is 0 Å². The third-order valence-electron chi connectivity index (χ3n) is 7.37. The van der Waals surface area contributed by atoms with Gasteiger partial charge in [0.1, 0.15) is 5.82 Å². The Bertz CT molecular complexity index is 1340. The molecule has 9 heteroatoms. The summed E-state index contributed by atoms with van der Waals surface area (Å²) in [6, 6.07) is 20.1. The first-order valence-electron chi connectivity index (χ1n) is 13.8. The van der Waals surface area contributed by atoms with Crippen molar-refractivity contribution in [3.8, 4) is 0 Å². The van der Waals surface area contributed by atoms with E-state index in [0.717, 1.165) is 31.6 Å². The van der Waals surface area contributed by atoms with Crippen LogP contribution in [0.1, 0.15) is 43.9 Å². The second-order valence-electron chi connectivity index (χ2n) is 10.1. The van der Waals surface area contributed by atoms with E-state index in [2.05, 4.69) is 15.5 Å². The Balaban J connectivity index is 1.38. The first-order chi connectivity index (χ1) is 19.5. The molecule has 0 radical (unpaired) electrons. The van der Waals surface area contributed by atoms with E-state index in [4.69, 9.17) is 0 Å². The average Bonchev–Trinajstić information content (AvgIpc) is 3.41. The van der Waals surface area contributed by atoms with Crippen molar-refractivity contribution >= 4 is 29.1 Å². The van der Waals surface area contributed by atoms with Crippen molar-refractivity contribution in [2.24, 2.45) is 0 Å². The van der Waals surface area contributed by atoms with Crippen molar-refractivity contribution in [2.45, 2.75) is 12.8 Å². The van der Waals surface area contributed by atoms with Gasteiger partial charge in [-0.3, -0.25) is 14.4 Å². The second kappa shape index (κ2) is 12.7. The van der Waals surface area contributed by atoms with Crippen LogP contribution < -0.4 is 15.5 Å². The van der Waals surface area contributed by atoms with Crippen LogP contribution in [0.3, 0.4) is 0 Å².